The first-order chi connectivity index (χ1) is 8.50. The number of halogens is 1. The summed E-state index contributed by atoms with van der Waals surface area (Å²) < 4.78 is 0. The molecule has 3 nitrogen and oxygen atoms in total. The molecule has 18 heavy (non-hydrogen) atoms. The van der Waals surface area contributed by atoms with Crippen molar-refractivity contribution in [2.24, 2.45) is 11.7 Å². The van der Waals surface area contributed by atoms with Crippen LogP contribution in [0.2, 0.25) is 5.02 Å². The Hall–Kier alpha value is -1.06. The van der Waals surface area contributed by atoms with Crippen LogP contribution >= 0.6 is 11.6 Å². The Labute approximate surface area is 113 Å². The van der Waals surface area contributed by atoms with E-state index in [0.717, 1.165) is 29.8 Å². The molecule has 100 valence electrons. The van der Waals surface area contributed by atoms with Crippen LogP contribution in [-0.4, -0.2) is 17.1 Å². The topological polar surface area (TPSA) is 63.3 Å². The lowest BCUT2D eigenvalue weighted by molar-refractivity contribution is -0.137. The Morgan fingerprint density at radius 2 is 2.11 bits per heavy atom. The summed E-state index contributed by atoms with van der Waals surface area (Å²) in [6.07, 6.45) is 2.83. The molecular weight excluding hydrogens is 250 g/mol. The van der Waals surface area contributed by atoms with E-state index in [1.807, 2.05) is 31.2 Å². The van der Waals surface area contributed by atoms with Gasteiger partial charge in [0.15, 0.2) is 0 Å². The van der Waals surface area contributed by atoms with Crippen LogP contribution in [0.25, 0.3) is 0 Å². The van der Waals surface area contributed by atoms with Gasteiger partial charge in [-0.2, -0.15) is 0 Å². The SMILES string of the molecule is CC(CCCc1ccccc1Cl)C(N)CC(=O)O. The molecule has 0 saturated heterocycles. The van der Waals surface area contributed by atoms with Crippen molar-refractivity contribution in [2.45, 2.75) is 38.6 Å². The number of benzene rings is 1. The lowest BCUT2D eigenvalue weighted by atomic mass is 9.93. The van der Waals surface area contributed by atoms with E-state index < -0.39 is 5.97 Å². The van der Waals surface area contributed by atoms with Gasteiger partial charge in [-0.3, -0.25) is 4.79 Å². The molecule has 1 aromatic carbocycles. The highest BCUT2D eigenvalue weighted by Gasteiger charge is 2.15. The molecule has 0 radical (unpaired) electrons. The third-order valence-electron chi connectivity index (χ3n) is 3.20. The van der Waals surface area contributed by atoms with Crippen LogP contribution in [0, 0.1) is 5.92 Å². The van der Waals surface area contributed by atoms with E-state index >= 15 is 0 Å². The number of carbonyl (C=O) groups is 1. The normalized spacial score (nSPS) is 14.2. The summed E-state index contributed by atoms with van der Waals surface area (Å²) >= 11 is 6.07. The Kier molecular flexibility index (Phi) is 6.16. The van der Waals surface area contributed by atoms with E-state index in [1.54, 1.807) is 0 Å². The van der Waals surface area contributed by atoms with Crippen LogP contribution in [-0.2, 0) is 11.2 Å². The fraction of sp³-hybridized carbons (Fsp3) is 0.500. The summed E-state index contributed by atoms with van der Waals surface area (Å²) in [5.41, 5.74) is 6.96. The predicted molar refractivity (Wildman–Crippen MR) is 73.8 cm³/mol. The second-order valence-corrected chi connectivity index (χ2v) is 5.13. The summed E-state index contributed by atoms with van der Waals surface area (Å²) in [4.78, 5) is 10.6. The van der Waals surface area contributed by atoms with E-state index in [4.69, 9.17) is 22.4 Å². The van der Waals surface area contributed by atoms with Crippen LogP contribution in [0.1, 0.15) is 31.7 Å². The van der Waals surface area contributed by atoms with Crippen LogP contribution in [0.3, 0.4) is 0 Å². The molecule has 2 unspecified atom stereocenters. The summed E-state index contributed by atoms with van der Waals surface area (Å²) in [5.74, 6) is -0.621. The molecule has 0 amide bonds. The van der Waals surface area contributed by atoms with Gasteiger partial charge in [0, 0.05) is 11.1 Å². The molecule has 0 aliphatic carbocycles. The van der Waals surface area contributed by atoms with Gasteiger partial charge < -0.3 is 10.8 Å². The van der Waals surface area contributed by atoms with E-state index in [0.29, 0.717) is 0 Å². The van der Waals surface area contributed by atoms with E-state index in [2.05, 4.69) is 0 Å². The standard InChI is InChI=1S/C14H20ClNO2/c1-10(13(16)9-14(17)18)5-4-7-11-6-2-3-8-12(11)15/h2-3,6,8,10,13H,4-5,7,9,16H2,1H3,(H,17,18). The van der Waals surface area contributed by atoms with Crippen molar-refractivity contribution in [2.75, 3.05) is 0 Å². The first-order valence-corrected chi connectivity index (χ1v) is 6.59. The molecule has 4 heteroatoms. The van der Waals surface area contributed by atoms with Gasteiger partial charge in [0.1, 0.15) is 0 Å². The summed E-state index contributed by atoms with van der Waals surface area (Å²) in [7, 11) is 0. The molecule has 1 aromatic rings. The van der Waals surface area contributed by atoms with Crippen LogP contribution in [0.15, 0.2) is 24.3 Å². The minimum atomic E-state index is -0.833. The van der Waals surface area contributed by atoms with Crippen LogP contribution < -0.4 is 5.73 Å². The smallest absolute Gasteiger partial charge is 0.304 e. The molecule has 0 bridgehead atoms. The van der Waals surface area contributed by atoms with Crippen molar-refractivity contribution in [1.29, 1.82) is 0 Å². The van der Waals surface area contributed by atoms with Crippen molar-refractivity contribution in [1.82, 2.24) is 0 Å². The fourth-order valence-corrected chi connectivity index (χ4v) is 2.16. The summed E-state index contributed by atoms with van der Waals surface area (Å²) in [6, 6.07) is 7.52. The highest BCUT2D eigenvalue weighted by atomic mass is 35.5. The zero-order valence-electron chi connectivity index (χ0n) is 10.6. The number of hydrogen-bond donors (Lipinski definition) is 2. The lowest BCUT2D eigenvalue weighted by Gasteiger charge is -2.18. The van der Waals surface area contributed by atoms with Crippen LogP contribution in [0.5, 0.6) is 0 Å². The molecule has 3 N–H and O–H groups in total. The minimum absolute atomic E-state index is 0.0350. The van der Waals surface area contributed by atoms with E-state index in [1.165, 1.54) is 0 Å². The molecule has 0 saturated carbocycles. The van der Waals surface area contributed by atoms with Gasteiger partial charge >= 0.3 is 5.97 Å². The van der Waals surface area contributed by atoms with Crippen molar-refractivity contribution >= 4 is 17.6 Å². The fourth-order valence-electron chi connectivity index (χ4n) is 1.93. The molecule has 0 aliphatic heterocycles. The van der Waals surface area contributed by atoms with Gasteiger partial charge in [-0.1, -0.05) is 36.7 Å². The number of aliphatic carboxylic acids is 1. The molecule has 0 fully saturated rings. The zero-order valence-corrected chi connectivity index (χ0v) is 11.4. The molecule has 0 heterocycles. The number of carboxylic acids is 1. The van der Waals surface area contributed by atoms with Gasteiger partial charge in [0.2, 0.25) is 0 Å². The Bertz CT molecular complexity index is 395. The third-order valence-corrected chi connectivity index (χ3v) is 3.57. The maximum absolute atomic E-state index is 10.6. The first kappa shape index (κ1) is 15.0. The van der Waals surface area contributed by atoms with Gasteiger partial charge in [-0.05, 0) is 36.8 Å². The maximum atomic E-state index is 10.6. The molecule has 1 rings (SSSR count). The van der Waals surface area contributed by atoms with E-state index in [-0.39, 0.29) is 18.4 Å². The van der Waals surface area contributed by atoms with Crippen molar-refractivity contribution in [3.05, 3.63) is 34.9 Å². The molecular formula is C14H20ClNO2. The van der Waals surface area contributed by atoms with Crippen molar-refractivity contribution in [3.8, 4) is 0 Å². The largest absolute Gasteiger partial charge is 0.481 e. The Morgan fingerprint density at radius 1 is 1.44 bits per heavy atom. The molecule has 2 atom stereocenters. The molecule has 0 aliphatic rings. The van der Waals surface area contributed by atoms with Gasteiger partial charge in [0.05, 0.1) is 6.42 Å². The first-order valence-electron chi connectivity index (χ1n) is 6.21. The average molecular weight is 270 g/mol. The van der Waals surface area contributed by atoms with Gasteiger partial charge in [-0.25, -0.2) is 0 Å². The minimum Gasteiger partial charge on any atom is -0.481 e. The monoisotopic (exact) mass is 269 g/mol. The number of hydrogen-bond acceptors (Lipinski definition) is 2. The number of rotatable bonds is 7. The third kappa shape index (κ3) is 5.07. The second kappa shape index (κ2) is 7.39. The second-order valence-electron chi connectivity index (χ2n) is 4.72. The number of nitrogens with two attached hydrogens (primary N) is 1. The van der Waals surface area contributed by atoms with Gasteiger partial charge in [-0.15, -0.1) is 0 Å². The van der Waals surface area contributed by atoms with Crippen molar-refractivity contribution < 1.29 is 9.90 Å². The number of aryl methyl sites for hydroxylation is 1. The average Bonchev–Trinajstić information content (AvgIpc) is 2.30. The van der Waals surface area contributed by atoms with Crippen molar-refractivity contribution in [3.63, 3.8) is 0 Å². The quantitative estimate of drug-likeness (QED) is 0.799. The number of carboxylic acid groups (broad SMARTS) is 1. The van der Waals surface area contributed by atoms with E-state index in [9.17, 15) is 4.79 Å². The molecule has 0 aromatic heterocycles. The van der Waals surface area contributed by atoms with Gasteiger partial charge in [0.25, 0.3) is 0 Å². The Balaban J connectivity index is 2.33. The Morgan fingerprint density at radius 3 is 2.72 bits per heavy atom. The highest BCUT2D eigenvalue weighted by molar-refractivity contribution is 6.31. The maximum Gasteiger partial charge on any atom is 0.304 e. The lowest BCUT2D eigenvalue weighted by Crippen LogP contribution is -2.30. The predicted octanol–water partition coefficient (Wildman–Crippen LogP) is 3.10. The molecule has 0 spiro atoms. The van der Waals surface area contributed by atoms with Crippen LogP contribution in [0.4, 0.5) is 0 Å². The highest BCUT2D eigenvalue weighted by Crippen LogP contribution is 2.19. The summed E-state index contributed by atoms with van der Waals surface area (Å²) in [5, 5.41) is 9.47. The zero-order chi connectivity index (χ0) is 13.5. The summed E-state index contributed by atoms with van der Waals surface area (Å²) in [6.45, 7) is 2.00.